The van der Waals surface area contributed by atoms with Crippen molar-refractivity contribution in [2.45, 2.75) is 19.4 Å². The number of carbonyl (C=O) groups excluding carboxylic acids is 2. The molecule has 0 spiro atoms. The zero-order chi connectivity index (χ0) is 15.0. The second-order valence-electron chi connectivity index (χ2n) is 4.64. The van der Waals surface area contributed by atoms with E-state index in [4.69, 9.17) is 5.73 Å². The van der Waals surface area contributed by atoms with Crippen molar-refractivity contribution in [2.24, 2.45) is 11.7 Å². The van der Waals surface area contributed by atoms with Crippen molar-refractivity contribution in [3.8, 4) is 0 Å². The number of carbonyl (C=O) groups is 2. The lowest BCUT2D eigenvalue weighted by atomic mass is 9.93. The lowest BCUT2D eigenvalue weighted by molar-refractivity contribution is -0.129. The van der Waals surface area contributed by atoms with Gasteiger partial charge in [-0.25, -0.2) is 13.2 Å². The first kappa shape index (κ1) is 14.4. The summed E-state index contributed by atoms with van der Waals surface area (Å²) in [5.41, 5.74) is 5.26. The van der Waals surface area contributed by atoms with Crippen molar-refractivity contribution in [3.05, 3.63) is 35.1 Å². The second kappa shape index (κ2) is 5.15. The van der Waals surface area contributed by atoms with Crippen molar-refractivity contribution in [1.82, 2.24) is 4.90 Å². The molecule has 108 valence electrons. The Bertz CT molecular complexity index is 554. The quantitative estimate of drug-likeness (QED) is 0.856. The van der Waals surface area contributed by atoms with Crippen LogP contribution >= 0.6 is 0 Å². The van der Waals surface area contributed by atoms with Gasteiger partial charge in [0.1, 0.15) is 0 Å². The molecule has 0 saturated carbocycles. The number of nitrogens with two attached hydrogens (primary N) is 1. The van der Waals surface area contributed by atoms with Gasteiger partial charge in [-0.1, -0.05) is 0 Å². The van der Waals surface area contributed by atoms with Gasteiger partial charge in [-0.15, -0.1) is 0 Å². The summed E-state index contributed by atoms with van der Waals surface area (Å²) < 4.78 is 39.6. The lowest BCUT2D eigenvalue weighted by Crippen LogP contribution is -2.32. The molecule has 4 nitrogen and oxygen atoms in total. The summed E-state index contributed by atoms with van der Waals surface area (Å²) >= 11 is 0. The van der Waals surface area contributed by atoms with Gasteiger partial charge in [-0.3, -0.25) is 9.59 Å². The van der Waals surface area contributed by atoms with E-state index in [1.165, 1.54) is 4.90 Å². The molecule has 0 aromatic heterocycles. The fourth-order valence-electron chi connectivity index (χ4n) is 2.58. The standard InChI is InChI=1S/C13H13F3N2O2/c1-2-18-10(19)5-7(13(17)20)12(18)6-3-8(14)11(16)9(15)4-6/h3-4,7,12H,2,5H2,1H3,(H2,17,20)/t7-,12-/m1/s1. The first-order chi connectivity index (χ1) is 9.36. The number of amides is 2. The van der Waals surface area contributed by atoms with Crippen molar-refractivity contribution in [2.75, 3.05) is 6.54 Å². The van der Waals surface area contributed by atoms with E-state index >= 15 is 0 Å². The summed E-state index contributed by atoms with van der Waals surface area (Å²) in [5.74, 6) is -6.25. The molecule has 1 fully saturated rings. The molecular formula is C13H13F3N2O2. The Morgan fingerprint density at radius 2 is 1.90 bits per heavy atom. The van der Waals surface area contributed by atoms with Gasteiger partial charge >= 0.3 is 0 Å². The van der Waals surface area contributed by atoms with E-state index in [1.807, 2.05) is 0 Å². The van der Waals surface area contributed by atoms with Crippen LogP contribution in [-0.2, 0) is 9.59 Å². The predicted molar refractivity (Wildman–Crippen MR) is 63.7 cm³/mol. The van der Waals surface area contributed by atoms with Crippen LogP contribution in [0.15, 0.2) is 12.1 Å². The Morgan fingerprint density at radius 3 is 2.35 bits per heavy atom. The largest absolute Gasteiger partial charge is 0.369 e. The minimum absolute atomic E-state index is 0.0258. The number of benzene rings is 1. The average Bonchev–Trinajstić information content (AvgIpc) is 2.72. The fourth-order valence-corrected chi connectivity index (χ4v) is 2.58. The Balaban J connectivity index is 2.51. The molecule has 7 heteroatoms. The van der Waals surface area contributed by atoms with E-state index < -0.39 is 35.3 Å². The summed E-state index contributed by atoms with van der Waals surface area (Å²) in [6.45, 7) is 1.93. The molecule has 1 aliphatic rings. The average molecular weight is 286 g/mol. The number of primary amides is 1. The molecule has 1 aromatic rings. The first-order valence-corrected chi connectivity index (χ1v) is 6.10. The molecule has 0 aliphatic carbocycles. The van der Waals surface area contributed by atoms with Crippen molar-refractivity contribution < 1.29 is 22.8 Å². The maximum Gasteiger partial charge on any atom is 0.223 e. The molecule has 1 heterocycles. The maximum absolute atomic E-state index is 13.3. The van der Waals surface area contributed by atoms with Gasteiger partial charge in [0.2, 0.25) is 11.8 Å². The van der Waals surface area contributed by atoms with Crippen molar-refractivity contribution in [3.63, 3.8) is 0 Å². The molecule has 0 bridgehead atoms. The van der Waals surface area contributed by atoms with Crippen molar-refractivity contribution >= 4 is 11.8 Å². The fraction of sp³-hybridized carbons (Fsp3) is 0.385. The highest BCUT2D eigenvalue weighted by molar-refractivity contribution is 5.89. The molecule has 2 amide bonds. The van der Waals surface area contributed by atoms with Crippen molar-refractivity contribution in [1.29, 1.82) is 0 Å². The van der Waals surface area contributed by atoms with Gasteiger partial charge in [0.25, 0.3) is 0 Å². The highest BCUT2D eigenvalue weighted by atomic mass is 19.2. The normalized spacial score (nSPS) is 22.4. The minimum Gasteiger partial charge on any atom is -0.369 e. The van der Waals surface area contributed by atoms with Crippen LogP contribution < -0.4 is 5.73 Å². The number of hydrogen-bond donors (Lipinski definition) is 1. The van der Waals surface area contributed by atoms with E-state index in [-0.39, 0.29) is 24.4 Å². The van der Waals surface area contributed by atoms with Crippen LogP contribution in [0.4, 0.5) is 13.2 Å². The Labute approximate surface area is 113 Å². The molecule has 2 rings (SSSR count). The molecule has 20 heavy (non-hydrogen) atoms. The number of nitrogens with zero attached hydrogens (tertiary/aromatic N) is 1. The summed E-state index contributed by atoms with van der Waals surface area (Å²) in [7, 11) is 0. The van der Waals surface area contributed by atoms with E-state index in [0.29, 0.717) is 0 Å². The van der Waals surface area contributed by atoms with Crippen LogP contribution in [0.25, 0.3) is 0 Å². The van der Waals surface area contributed by atoms with E-state index in [1.54, 1.807) is 6.92 Å². The zero-order valence-corrected chi connectivity index (χ0v) is 10.7. The number of halogens is 3. The number of rotatable bonds is 3. The Morgan fingerprint density at radius 1 is 1.35 bits per heavy atom. The molecule has 2 atom stereocenters. The highest BCUT2D eigenvalue weighted by Gasteiger charge is 2.43. The minimum atomic E-state index is -1.59. The predicted octanol–water partition coefficient (Wildman–Crippen LogP) is 1.50. The van der Waals surface area contributed by atoms with E-state index in [9.17, 15) is 22.8 Å². The maximum atomic E-state index is 13.3. The third-order valence-electron chi connectivity index (χ3n) is 3.49. The lowest BCUT2D eigenvalue weighted by Gasteiger charge is -2.26. The Hall–Kier alpha value is -2.05. The molecule has 2 N–H and O–H groups in total. The Kier molecular flexibility index (Phi) is 3.69. The van der Waals surface area contributed by atoms with Crippen LogP contribution in [0.3, 0.4) is 0 Å². The topological polar surface area (TPSA) is 63.4 Å². The molecule has 0 unspecified atom stereocenters. The van der Waals surface area contributed by atoms with Crippen LogP contribution in [0.2, 0.25) is 0 Å². The molecule has 1 saturated heterocycles. The van der Waals surface area contributed by atoms with Crippen LogP contribution in [0.5, 0.6) is 0 Å². The molecule has 0 radical (unpaired) electrons. The summed E-state index contributed by atoms with van der Waals surface area (Å²) in [5, 5.41) is 0. The number of likely N-dealkylation sites (tertiary alicyclic amines) is 1. The van der Waals surface area contributed by atoms with Gasteiger partial charge < -0.3 is 10.6 Å². The zero-order valence-electron chi connectivity index (χ0n) is 10.7. The SMILES string of the molecule is CCN1C(=O)C[C@@H](C(N)=O)[C@H]1c1cc(F)c(F)c(F)c1. The number of hydrogen-bond acceptors (Lipinski definition) is 2. The molecular weight excluding hydrogens is 273 g/mol. The smallest absolute Gasteiger partial charge is 0.223 e. The van der Waals surface area contributed by atoms with E-state index in [0.717, 1.165) is 12.1 Å². The molecule has 1 aromatic carbocycles. The highest BCUT2D eigenvalue weighted by Crippen LogP contribution is 2.38. The third-order valence-corrected chi connectivity index (χ3v) is 3.49. The second-order valence-corrected chi connectivity index (χ2v) is 4.64. The van der Waals surface area contributed by atoms with Gasteiger partial charge in [0.15, 0.2) is 17.5 Å². The monoisotopic (exact) mass is 286 g/mol. The van der Waals surface area contributed by atoms with Crippen LogP contribution in [-0.4, -0.2) is 23.3 Å². The summed E-state index contributed by atoms with van der Waals surface area (Å²) in [6, 6.07) is 0.718. The van der Waals surface area contributed by atoms with Gasteiger partial charge in [-0.05, 0) is 24.6 Å². The van der Waals surface area contributed by atoms with Gasteiger partial charge in [-0.2, -0.15) is 0 Å². The van der Waals surface area contributed by atoms with E-state index in [2.05, 4.69) is 0 Å². The van der Waals surface area contributed by atoms with Crippen LogP contribution in [0.1, 0.15) is 24.9 Å². The third kappa shape index (κ3) is 2.23. The van der Waals surface area contributed by atoms with Gasteiger partial charge in [0.05, 0.1) is 12.0 Å². The van der Waals surface area contributed by atoms with Gasteiger partial charge in [0, 0.05) is 13.0 Å². The first-order valence-electron chi connectivity index (χ1n) is 6.10. The molecule has 1 aliphatic heterocycles. The summed E-state index contributed by atoms with van der Waals surface area (Å²) in [6.07, 6.45) is -0.117. The van der Waals surface area contributed by atoms with Crippen LogP contribution in [0, 0.1) is 23.4 Å². The summed E-state index contributed by atoms with van der Waals surface area (Å²) in [4.78, 5) is 24.5.